The molecule has 5 aromatic rings. The fourth-order valence-corrected chi connectivity index (χ4v) is 5.59. The molecule has 6 rings (SSSR count). The topological polar surface area (TPSA) is 109 Å². The number of benzene rings is 3. The molecule has 1 aliphatic rings. The molecule has 1 aliphatic heterocycles. The number of methoxy groups -OCH3 is 1. The smallest absolute Gasteiger partial charge is 0.416 e. The van der Waals surface area contributed by atoms with Crippen LogP contribution < -0.4 is 14.8 Å². The van der Waals surface area contributed by atoms with Crippen LogP contribution in [0.3, 0.4) is 0 Å². The minimum absolute atomic E-state index is 0.0378. The summed E-state index contributed by atoms with van der Waals surface area (Å²) in [6, 6.07) is 20.4. The first kappa shape index (κ1) is 32.4. The van der Waals surface area contributed by atoms with E-state index in [0.717, 1.165) is 48.4 Å². The number of phenolic OH excluding ortho intramolecular Hbond substituents is 1. The highest BCUT2D eigenvalue weighted by Crippen LogP contribution is 2.33. The van der Waals surface area contributed by atoms with Crippen molar-refractivity contribution in [2.24, 2.45) is 7.05 Å². The molecule has 10 nitrogen and oxygen atoms in total. The summed E-state index contributed by atoms with van der Waals surface area (Å²) in [6.07, 6.45) is -3.32. The van der Waals surface area contributed by atoms with Gasteiger partial charge in [-0.25, -0.2) is 4.98 Å². The molecule has 0 atom stereocenters. The number of aryl methyl sites for hydroxylation is 1. The molecule has 2 aromatic heterocycles. The number of hydrogen-bond donors (Lipinski definition) is 2. The lowest BCUT2D eigenvalue weighted by Gasteiger charge is -2.34. The molecule has 3 heterocycles. The molecule has 1 fully saturated rings. The number of carbonyl (C=O) groups is 2. The van der Waals surface area contributed by atoms with Gasteiger partial charge in [-0.05, 0) is 66.2 Å². The van der Waals surface area contributed by atoms with E-state index in [0.29, 0.717) is 30.6 Å². The zero-order chi connectivity index (χ0) is 34.0. The van der Waals surface area contributed by atoms with Crippen molar-refractivity contribution in [2.75, 3.05) is 38.6 Å². The molecule has 3 aromatic carbocycles. The van der Waals surface area contributed by atoms with Gasteiger partial charge in [-0.3, -0.25) is 14.5 Å². The average molecular weight is 660 g/mol. The first-order valence-corrected chi connectivity index (χ1v) is 15.1. The van der Waals surface area contributed by atoms with Crippen molar-refractivity contribution < 1.29 is 37.3 Å². The van der Waals surface area contributed by atoms with Crippen LogP contribution in [0.2, 0.25) is 0 Å². The van der Waals surface area contributed by atoms with Crippen LogP contribution in [0.4, 0.5) is 18.9 Å². The monoisotopic (exact) mass is 659 g/mol. The van der Waals surface area contributed by atoms with Crippen LogP contribution in [-0.4, -0.2) is 69.6 Å². The number of alkyl halides is 3. The van der Waals surface area contributed by atoms with Crippen molar-refractivity contribution in [1.82, 2.24) is 19.4 Å². The maximum absolute atomic E-state index is 13.5. The number of halogens is 3. The van der Waals surface area contributed by atoms with Crippen molar-refractivity contribution in [3.63, 3.8) is 0 Å². The Balaban J connectivity index is 1.06. The van der Waals surface area contributed by atoms with Gasteiger partial charge >= 0.3 is 6.18 Å². The van der Waals surface area contributed by atoms with Crippen molar-refractivity contribution in [1.29, 1.82) is 0 Å². The van der Waals surface area contributed by atoms with E-state index in [9.17, 15) is 27.9 Å². The highest BCUT2D eigenvalue weighted by atomic mass is 19.4. The minimum Gasteiger partial charge on any atom is -0.507 e. The van der Waals surface area contributed by atoms with Gasteiger partial charge in [0, 0.05) is 56.7 Å². The maximum atomic E-state index is 13.5. The summed E-state index contributed by atoms with van der Waals surface area (Å²) in [5.41, 5.74) is 1.49. The Morgan fingerprint density at radius 2 is 1.65 bits per heavy atom. The highest BCUT2D eigenvalue weighted by Gasteiger charge is 2.31. The molecule has 0 aliphatic carbocycles. The first-order valence-electron chi connectivity index (χ1n) is 15.1. The van der Waals surface area contributed by atoms with Gasteiger partial charge in [0.2, 0.25) is 5.88 Å². The molecule has 0 spiro atoms. The van der Waals surface area contributed by atoms with Crippen molar-refractivity contribution >= 4 is 28.4 Å². The summed E-state index contributed by atoms with van der Waals surface area (Å²) >= 11 is 0. The number of aromatic nitrogens is 2. The molecule has 0 bridgehead atoms. The van der Waals surface area contributed by atoms with Crippen LogP contribution in [0, 0.1) is 0 Å². The van der Waals surface area contributed by atoms with Gasteiger partial charge in [0.05, 0.1) is 30.1 Å². The van der Waals surface area contributed by atoms with Gasteiger partial charge < -0.3 is 29.4 Å². The number of ether oxygens (including phenoxy) is 2. The van der Waals surface area contributed by atoms with Crippen LogP contribution in [0.15, 0.2) is 85.1 Å². The summed E-state index contributed by atoms with van der Waals surface area (Å²) < 4.78 is 51.6. The van der Waals surface area contributed by atoms with Gasteiger partial charge in [-0.1, -0.05) is 12.1 Å². The fraction of sp³-hybridized carbons (Fsp3) is 0.229. The lowest BCUT2D eigenvalue weighted by Crippen LogP contribution is -2.48. The number of rotatable bonds is 8. The van der Waals surface area contributed by atoms with Crippen LogP contribution in [-0.2, 0) is 19.8 Å². The largest absolute Gasteiger partial charge is 0.507 e. The molecule has 0 unspecified atom stereocenters. The zero-order valence-electron chi connectivity index (χ0n) is 26.1. The number of anilines is 1. The van der Waals surface area contributed by atoms with Gasteiger partial charge in [-0.15, -0.1) is 0 Å². The highest BCUT2D eigenvalue weighted by molar-refractivity contribution is 6.06. The Bertz CT molecular complexity index is 1950. The Morgan fingerprint density at radius 3 is 2.29 bits per heavy atom. The number of fused-ring (bicyclic) bond motifs is 1. The van der Waals surface area contributed by atoms with Crippen LogP contribution in [0.1, 0.15) is 32.0 Å². The lowest BCUT2D eigenvalue weighted by molar-refractivity contribution is -0.137. The number of amides is 2. The normalized spacial score (nSPS) is 13.8. The van der Waals surface area contributed by atoms with E-state index in [4.69, 9.17) is 9.47 Å². The molecule has 2 N–H and O–H groups in total. The van der Waals surface area contributed by atoms with Gasteiger partial charge in [0.25, 0.3) is 11.8 Å². The minimum atomic E-state index is -4.65. The Morgan fingerprint density at radius 1 is 0.917 bits per heavy atom. The molecule has 248 valence electrons. The van der Waals surface area contributed by atoms with Crippen LogP contribution in [0.25, 0.3) is 10.9 Å². The van der Waals surface area contributed by atoms with Gasteiger partial charge in [0.15, 0.2) is 0 Å². The Hall–Kier alpha value is -5.56. The van der Waals surface area contributed by atoms with Crippen molar-refractivity contribution in [2.45, 2.75) is 12.7 Å². The number of pyridine rings is 1. The third-order valence-corrected chi connectivity index (χ3v) is 8.24. The van der Waals surface area contributed by atoms with Crippen LogP contribution in [0.5, 0.6) is 23.1 Å². The second kappa shape index (κ2) is 13.3. The number of carbonyl (C=O) groups excluding carboxylic acids is 2. The predicted molar refractivity (Wildman–Crippen MR) is 172 cm³/mol. The van der Waals surface area contributed by atoms with E-state index >= 15 is 0 Å². The molecule has 0 radical (unpaired) electrons. The number of hydrogen-bond acceptors (Lipinski definition) is 7. The number of nitrogens with one attached hydrogen (secondary N) is 1. The lowest BCUT2D eigenvalue weighted by atomic mass is 10.1. The standard InChI is InChI=1S/C35H32F3N5O5/c1-41-29-11-9-27(48-32-12-6-25(20-39-32)40-33(45)28-10-5-24(19-31(28)44)35(36,37)38)17-23(29)18-30(41)34(46)43-15-13-42(14-16-43)21-22-3-7-26(47-2)8-4-22/h3-12,17-20,44H,13-16,21H2,1-2H3,(H,40,45). The van der Waals surface area contributed by atoms with Crippen LogP contribution >= 0.6 is 0 Å². The van der Waals surface area contributed by atoms with E-state index < -0.39 is 23.4 Å². The van der Waals surface area contributed by atoms with Gasteiger partial charge in [0.1, 0.15) is 22.9 Å². The van der Waals surface area contributed by atoms with E-state index in [1.807, 2.05) is 46.8 Å². The van der Waals surface area contributed by atoms with Crippen molar-refractivity contribution in [3.05, 3.63) is 107 Å². The number of aromatic hydroxyl groups is 1. The number of piperazine rings is 1. The third-order valence-electron chi connectivity index (χ3n) is 8.24. The van der Waals surface area contributed by atoms with E-state index in [1.54, 1.807) is 13.2 Å². The van der Waals surface area contributed by atoms with Gasteiger partial charge in [-0.2, -0.15) is 13.2 Å². The predicted octanol–water partition coefficient (Wildman–Crippen LogP) is 6.31. The number of phenols is 1. The summed E-state index contributed by atoms with van der Waals surface area (Å²) in [7, 11) is 3.50. The second-order valence-electron chi connectivity index (χ2n) is 11.4. The Labute approximate surface area is 273 Å². The SMILES string of the molecule is COc1ccc(CN2CCN(C(=O)c3cc4cc(Oc5ccc(NC(=O)c6ccc(C(F)(F)F)cc6O)cn5)ccc4n3C)CC2)cc1. The Kier molecular flexibility index (Phi) is 8.96. The van der Waals surface area contributed by atoms with E-state index in [2.05, 4.69) is 27.3 Å². The molecule has 48 heavy (non-hydrogen) atoms. The summed E-state index contributed by atoms with van der Waals surface area (Å²) in [5.74, 6) is -0.0960. The second-order valence-corrected chi connectivity index (χ2v) is 11.4. The average Bonchev–Trinajstić information content (AvgIpc) is 3.40. The quantitative estimate of drug-likeness (QED) is 0.201. The molecular formula is C35H32F3N5O5. The van der Waals surface area contributed by atoms with Crippen molar-refractivity contribution in [3.8, 4) is 23.1 Å². The first-order chi connectivity index (χ1) is 23.0. The maximum Gasteiger partial charge on any atom is 0.416 e. The molecule has 13 heteroatoms. The molecule has 2 amide bonds. The third kappa shape index (κ3) is 7.05. The summed E-state index contributed by atoms with van der Waals surface area (Å²) in [6.45, 7) is 3.60. The number of nitrogens with zero attached hydrogens (tertiary/aromatic N) is 4. The summed E-state index contributed by atoms with van der Waals surface area (Å²) in [5, 5.41) is 13.3. The van der Waals surface area contributed by atoms with E-state index in [1.165, 1.54) is 23.9 Å². The fourth-order valence-electron chi connectivity index (χ4n) is 5.59. The molecule has 1 saturated heterocycles. The molecular weight excluding hydrogens is 627 g/mol. The zero-order valence-corrected chi connectivity index (χ0v) is 26.1. The summed E-state index contributed by atoms with van der Waals surface area (Å²) in [4.78, 5) is 34.4. The molecule has 0 saturated carbocycles. The van der Waals surface area contributed by atoms with E-state index in [-0.39, 0.29) is 23.0 Å².